The van der Waals surface area contributed by atoms with Crippen molar-refractivity contribution in [3.8, 4) is 6.07 Å². The number of hydrogen-bond donors (Lipinski definition) is 2. The molecular weight excluding hydrogens is 274 g/mol. The highest BCUT2D eigenvalue weighted by molar-refractivity contribution is 6.29. The van der Waals surface area contributed by atoms with Gasteiger partial charge in [0, 0.05) is 6.54 Å². The van der Waals surface area contributed by atoms with Crippen molar-refractivity contribution in [2.75, 3.05) is 11.9 Å². The lowest BCUT2D eigenvalue weighted by molar-refractivity contribution is -0.0145. The minimum absolute atomic E-state index is 0.281. The van der Waals surface area contributed by atoms with E-state index in [-0.39, 0.29) is 5.15 Å². The summed E-state index contributed by atoms with van der Waals surface area (Å²) < 4.78 is 0. The van der Waals surface area contributed by atoms with E-state index in [1.165, 1.54) is 6.07 Å². The molecule has 1 aliphatic carbocycles. The summed E-state index contributed by atoms with van der Waals surface area (Å²) in [5, 5.41) is 22.9. The Bertz CT molecular complexity index is 526. The van der Waals surface area contributed by atoms with Gasteiger partial charge in [0.25, 0.3) is 0 Å². The molecule has 0 amide bonds. The van der Waals surface area contributed by atoms with E-state index in [1.54, 1.807) is 6.07 Å². The third-order valence-corrected chi connectivity index (χ3v) is 4.25. The predicted octanol–water partition coefficient (Wildman–Crippen LogP) is 3.35. The van der Waals surface area contributed by atoms with E-state index < -0.39 is 5.60 Å². The van der Waals surface area contributed by atoms with E-state index in [0.29, 0.717) is 23.3 Å². The molecule has 2 N–H and O–H groups in total. The van der Waals surface area contributed by atoms with Crippen LogP contribution in [0.1, 0.15) is 45.1 Å². The van der Waals surface area contributed by atoms with E-state index in [2.05, 4.69) is 24.1 Å². The van der Waals surface area contributed by atoms with Gasteiger partial charge >= 0.3 is 0 Å². The second-order valence-corrected chi connectivity index (χ2v) is 6.80. The van der Waals surface area contributed by atoms with Gasteiger partial charge in [-0.05, 0) is 43.2 Å². The van der Waals surface area contributed by atoms with Gasteiger partial charge in [-0.15, -0.1) is 0 Å². The molecule has 0 unspecified atom stereocenters. The minimum atomic E-state index is -0.702. The maximum absolute atomic E-state index is 10.6. The normalized spacial score (nSPS) is 20.1. The van der Waals surface area contributed by atoms with E-state index in [4.69, 9.17) is 16.9 Å². The van der Waals surface area contributed by atoms with Crippen molar-refractivity contribution in [3.05, 3.63) is 22.8 Å². The van der Waals surface area contributed by atoms with Crippen molar-refractivity contribution in [2.45, 2.75) is 45.1 Å². The molecule has 1 saturated carbocycles. The maximum Gasteiger partial charge on any atom is 0.132 e. The van der Waals surface area contributed by atoms with E-state index >= 15 is 0 Å². The Hall–Kier alpha value is -1.31. The summed E-state index contributed by atoms with van der Waals surface area (Å²) >= 11 is 5.86. The van der Waals surface area contributed by atoms with Crippen LogP contribution < -0.4 is 5.32 Å². The largest absolute Gasteiger partial charge is 0.388 e. The molecule has 0 bridgehead atoms. The van der Waals surface area contributed by atoms with Gasteiger partial charge in [0.1, 0.15) is 11.0 Å². The molecule has 0 aromatic carbocycles. The summed E-state index contributed by atoms with van der Waals surface area (Å²) in [7, 11) is 0. The molecule has 4 nitrogen and oxygen atoms in total. The molecular formula is C15H20ClN3O. The second kappa shape index (κ2) is 5.59. The molecule has 108 valence electrons. The Balaban J connectivity index is 1.99. The number of nitrogens with zero attached hydrogens (tertiary/aromatic N) is 2. The number of rotatable bonds is 3. The van der Waals surface area contributed by atoms with Crippen LogP contribution in [-0.2, 0) is 0 Å². The van der Waals surface area contributed by atoms with Gasteiger partial charge in [-0.3, -0.25) is 0 Å². The van der Waals surface area contributed by atoms with Gasteiger partial charge in [-0.2, -0.15) is 5.26 Å². The molecule has 0 saturated heterocycles. The molecule has 1 fully saturated rings. The van der Waals surface area contributed by atoms with Crippen LogP contribution in [0, 0.1) is 16.7 Å². The van der Waals surface area contributed by atoms with Crippen LogP contribution in [0.2, 0.25) is 5.15 Å². The summed E-state index contributed by atoms with van der Waals surface area (Å²) in [6.07, 6.45) is 3.58. The van der Waals surface area contributed by atoms with Crippen molar-refractivity contribution in [1.29, 1.82) is 5.26 Å². The van der Waals surface area contributed by atoms with Crippen LogP contribution in [0.3, 0.4) is 0 Å². The first kappa shape index (κ1) is 15.1. The fraction of sp³-hybridized carbons (Fsp3) is 0.600. The van der Waals surface area contributed by atoms with Gasteiger partial charge in [0.05, 0.1) is 17.2 Å². The average Bonchev–Trinajstić information content (AvgIpc) is 2.40. The Labute approximate surface area is 124 Å². The van der Waals surface area contributed by atoms with Crippen LogP contribution in [0.25, 0.3) is 0 Å². The number of aliphatic hydroxyl groups is 1. The Morgan fingerprint density at radius 2 is 2.00 bits per heavy atom. The molecule has 0 spiro atoms. The standard InChI is InChI=1S/C15H20ClN3O/c1-14(2)3-5-15(20,6-4-14)10-18-13-8-11(9-17)7-12(16)19-13/h7-8,20H,3-6,10H2,1-2H3,(H,18,19). The predicted molar refractivity (Wildman–Crippen MR) is 79.7 cm³/mol. The molecule has 0 aliphatic heterocycles. The molecule has 1 aromatic heterocycles. The Morgan fingerprint density at radius 1 is 1.35 bits per heavy atom. The molecule has 2 rings (SSSR count). The number of anilines is 1. The maximum atomic E-state index is 10.6. The van der Waals surface area contributed by atoms with E-state index in [9.17, 15) is 5.11 Å². The zero-order valence-corrected chi connectivity index (χ0v) is 12.7. The van der Waals surface area contributed by atoms with Crippen molar-refractivity contribution < 1.29 is 5.11 Å². The van der Waals surface area contributed by atoms with Crippen LogP contribution in [-0.4, -0.2) is 22.2 Å². The van der Waals surface area contributed by atoms with Crippen molar-refractivity contribution in [3.63, 3.8) is 0 Å². The number of hydrogen-bond acceptors (Lipinski definition) is 4. The Morgan fingerprint density at radius 3 is 2.60 bits per heavy atom. The molecule has 5 heteroatoms. The Kier molecular flexibility index (Phi) is 4.22. The average molecular weight is 294 g/mol. The van der Waals surface area contributed by atoms with E-state index in [0.717, 1.165) is 25.7 Å². The molecule has 1 aliphatic rings. The van der Waals surface area contributed by atoms with Gasteiger partial charge < -0.3 is 10.4 Å². The first-order valence-electron chi connectivity index (χ1n) is 6.86. The topological polar surface area (TPSA) is 68.9 Å². The number of nitrogens with one attached hydrogen (secondary N) is 1. The van der Waals surface area contributed by atoms with Crippen molar-refractivity contribution in [2.24, 2.45) is 5.41 Å². The van der Waals surface area contributed by atoms with Gasteiger partial charge in [-0.1, -0.05) is 25.4 Å². The zero-order chi connectivity index (χ0) is 14.8. The lowest BCUT2D eigenvalue weighted by atomic mass is 9.71. The summed E-state index contributed by atoms with van der Waals surface area (Å²) in [6.45, 7) is 4.90. The monoisotopic (exact) mass is 293 g/mol. The number of nitriles is 1. The number of pyridine rings is 1. The smallest absolute Gasteiger partial charge is 0.132 e. The molecule has 1 aromatic rings. The zero-order valence-electron chi connectivity index (χ0n) is 11.9. The first-order valence-corrected chi connectivity index (χ1v) is 7.24. The van der Waals surface area contributed by atoms with Crippen LogP contribution in [0.5, 0.6) is 0 Å². The lowest BCUT2D eigenvalue weighted by Gasteiger charge is -2.40. The fourth-order valence-electron chi connectivity index (χ4n) is 2.48. The van der Waals surface area contributed by atoms with Crippen LogP contribution in [0.15, 0.2) is 12.1 Å². The van der Waals surface area contributed by atoms with Crippen LogP contribution >= 0.6 is 11.6 Å². The molecule has 0 radical (unpaired) electrons. The number of aromatic nitrogens is 1. The van der Waals surface area contributed by atoms with Gasteiger partial charge in [0.15, 0.2) is 0 Å². The summed E-state index contributed by atoms with van der Waals surface area (Å²) in [5.74, 6) is 0.535. The molecule has 20 heavy (non-hydrogen) atoms. The highest BCUT2D eigenvalue weighted by atomic mass is 35.5. The first-order chi connectivity index (χ1) is 9.32. The van der Waals surface area contributed by atoms with Crippen molar-refractivity contribution in [1.82, 2.24) is 4.98 Å². The highest BCUT2D eigenvalue weighted by Crippen LogP contribution is 2.40. The third-order valence-electron chi connectivity index (χ3n) is 4.06. The van der Waals surface area contributed by atoms with Crippen molar-refractivity contribution >= 4 is 17.4 Å². The van der Waals surface area contributed by atoms with Gasteiger partial charge in [-0.25, -0.2) is 4.98 Å². The second-order valence-electron chi connectivity index (χ2n) is 6.42. The fourth-order valence-corrected chi connectivity index (χ4v) is 2.68. The summed E-state index contributed by atoms with van der Waals surface area (Å²) in [6, 6.07) is 5.20. The summed E-state index contributed by atoms with van der Waals surface area (Å²) in [4.78, 5) is 4.12. The van der Waals surface area contributed by atoms with E-state index in [1.807, 2.05) is 6.07 Å². The lowest BCUT2D eigenvalue weighted by Crippen LogP contribution is -2.42. The SMILES string of the molecule is CC1(C)CCC(O)(CNc2cc(C#N)cc(Cl)n2)CC1. The molecule has 0 atom stereocenters. The summed E-state index contributed by atoms with van der Waals surface area (Å²) in [5.41, 5.74) is 0.0742. The van der Waals surface area contributed by atoms with Crippen LogP contribution in [0.4, 0.5) is 5.82 Å². The molecule has 1 heterocycles. The number of halogens is 1. The highest BCUT2D eigenvalue weighted by Gasteiger charge is 2.36. The minimum Gasteiger partial charge on any atom is -0.388 e. The third kappa shape index (κ3) is 3.84. The quantitative estimate of drug-likeness (QED) is 0.839. The van der Waals surface area contributed by atoms with Gasteiger partial charge in [0.2, 0.25) is 0 Å².